The lowest BCUT2D eigenvalue weighted by molar-refractivity contribution is 0.112. The fourth-order valence-corrected chi connectivity index (χ4v) is 4.44. The van der Waals surface area contributed by atoms with Crippen LogP contribution in [0.3, 0.4) is 0 Å². The fraction of sp³-hybridized carbons (Fsp3) is 0.407. The van der Waals surface area contributed by atoms with Crippen molar-refractivity contribution in [3.8, 4) is 11.6 Å². The monoisotopic (exact) mass is 433 g/mol. The van der Waals surface area contributed by atoms with Gasteiger partial charge in [-0.3, -0.25) is 4.79 Å². The Balaban J connectivity index is 0.00000141. The molecule has 1 aromatic heterocycles. The van der Waals surface area contributed by atoms with Crippen LogP contribution in [0.4, 0.5) is 0 Å². The summed E-state index contributed by atoms with van der Waals surface area (Å²) in [6.07, 6.45) is 10.7. The predicted molar refractivity (Wildman–Crippen MR) is 131 cm³/mol. The van der Waals surface area contributed by atoms with E-state index in [0.717, 1.165) is 36.4 Å². The number of pyridine rings is 1. The molecule has 0 aliphatic heterocycles. The maximum absolute atomic E-state index is 10.8. The highest BCUT2D eigenvalue weighted by atomic mass is 16.5. The first-order valence-electron chi connectivity index (χ1n) is 11.6. The molecule has 1 heterocycles. The molecule has 2 aromatic carbocycles. The van der Waals surface area contributed by atoms with Crippen LogP contribution in [0.25, 0.3) is 10.8 Å². The molecule has 2 N–H and O–H groups in total. The molecule has 0 amide bonds. The van der Waals surface area contributed by atoms with Crippen molar-refractivity contribution in [2.45, 2.75) is 45.1 Å². The largest absolute Gasteiger partial charge is 0.438 e. The number of fused-ring (bicyclic) bond motifs is 1. The van der Waals surface area contributed by atoms with Gasteiger partial charge in [0.2, 0.25) is 5.88 Å². The van der Waals surface area contributed by atoms with Crippen LogP contribution < -0.4 is 10.5 Å². The molecule has 170 valence electrons. The molecule has 0 atom stereocenters. The average molecular weight is 434 g/mol. The van der Waals surface area contributed by atoms with Gasteiger partial charge in [-0.05, 0) is 56.1 Å². The normalized spacial score (nSPS) is 14.1. The number of rotatable bonds is 8. The summed E-state index contributed by atoms with van der Waals surface area (Å²) < 4.78 is 6.04. The zero-order valence-electron chi connectivity index (χ0n) is 19.3. The molecule has 1 aliphatic carbocycles. The van der Waals surface area contributed by atoms with Gasteiger partial charge in [0.25, 0.3) is 0 Å². The van der Waals surface area contributed by atoms with Gasteiger partial charge < -0.3 is 15.4 Å². The van der Waals surface area contributed by atoms with Crippen LogP contribution >= 0.6 is 0 Å². The van der Waals surface area contributed by atoms with E-state index in [1.165, 1.54) is 62.7 Å². The molecule has 5 nitrogen and oxygen atoms in total. The van der Waals surface area contributed by atoms with E-state index < -0.39 is 0 Å². The Morgan fingerprint density at radius 3 is 2.47 bits per heavy atom. The van der Waals surface area contributed by atoms with Gasteiger partial charge in [-0.25, -0.2) is 4.98 Å². The molecular formula is C27H35N3O2. The number of aromatic nitrogens is 1. The molecule has 3 aromatic rings. The summed E-state index contributed by atoms with van der Waals surface area (Å²) >= 11 is 0. The van der Waals surface area contributed by atoms with Crippen molar-refractivity contribution in [2.75, 3.05) is 20.6 Å². The molecule has 1 fully saturated rings. The highest BCUT2D eigenvalue weighted by Gasteiger charge is 2.15. The van der Waals surface area contributed by atoms with Gasteiger partial charge >= 0.3 is 0 Å². The minimum Gasteiger partial charge on any atom is -0.438 e. The Kier molecular flexibility index (Phi) is 9.20. The Morgan fingerprint density at radius 1 is 1.03 bits per heavy atom. The van der Waals surface area contributed by atoms with Crippen LogP contribution in [0.1, 0.15) is 54.4 Å². The molecule has 0 spiro atoms. The van der Waals surface area contributed by atoms with Crippen LogP contribution in [0.2, 0.25) is 0 Å². The minimum atomic E-state index is 0.489. The number of ether oxygens (including phenoxy) is 1. The molecule has 0 unspecified atom stereocenters. The maximum Gasteiger partial charge on any atom is 0.219 e. The highest BCUT2D eigenvalue weighted by molar-refractivity contribution is 5.91. The van der Waals surface area contributed by atoms with Crippen molar-refractivity contribution < 1.29 is 9.53 Å². The number of carbonyl (C=O) groups is 1. The average Bonchev–Trinajstić information content (AvgIpc) is 2.86. The number of aldehydes is 1. The second kappa shape index (κ2) is 12.3. The zero-order chi connectivity index (χ0) is 22.8. The number of carbonyl (C=O) groups excluding carboxylic acids is 1. The molecule has 0 bridgehead atoms. The summed E-state index contributed by atoms with van der Waals surface area (Å²) in [6.45, 7) is 2.07. The van der Waals surface area contributed by atoms with Crippen LogP contribution in [-0.4, -0.2) is 36.8 Å². The molecule has 4 rings (SSSR count). The van der Waals surface area contributed by atoms with E-state index in [1.54, 1.807) is 12.1 Å². The maximum atomic E-state index is 10.8. The molecule has 1 aliphatic rings. The summed E-state index contributed by atoms with van der Waals surface area (Å²) in [5.41, 5.74) is 6.35. The van der Waals surface area contributed by atoms with Crippen LogP contribution in [-0.2, 0) is 6.54 Å². The van der Waals surface area contributed by atoms with Crippen molar-refractivity contribution in [3.05, 3.63) is 65.9 Å². The van der Waals surface area contributed by atoms with Crippen molar-refractivity contribution in [1.29, 1.82) is 0 Å². The molecular weight excluding hydrogens is 398 g/mol. The molecule has 0 saturated heterocycles. The molecule has 1 saturated carbocycles. The standard InChI is InChI=1S/C26H30N2O2.CH5N/c1-28(16-15-20-7-3-2-4-8-20)18-22-12-13-25(24-10-6-5-9-23(22)24)30-26-14-11-21(19-29)17-27-26;1-2/h5-6,9-14,17,19-20H,2-4,7-8,15-16,18H2,1H3;2H2,1H3. The SMILES string of the molecule is CN.CN(CCC1CCCCC1)Cc1ccc(Oc2ccc(C=O)cn2)c2ccccc12. The third-order valence-electron chi connectivity index (χ3n) is 6.17. The smallest absolute Gasteiger partial charge is 0.219 e. The van der Waals surface area contributed by atoms with Gasteiger partial charge in [0.05, 0.1) is 0 Å². The summed E-state index contributed by atoms with van der Waals surface area (Å²) in [5.74, 6) is 2.18. The van der Waals surface area contributed by atoms with E-state index in [4.69, 9.17) is 4.74 Å². The van der Waals surface area contributed by atoms with Crippen molar-refractivity contribution in [3.63, 3.8) is 0 Å². The number of hydrogen-bond donors (Lipinski definition) is 1. The van der Waals surface area contributed by atoms with Gasteiger partial charge in [-0.1, -0.05) is 62.4 Å². The first kappa shape index (κ1) is 23.9. The number of nitrogens with zero attached hydrogens (tertiary/aromatic N) is 2. The fourth-order valence-electron chi connectivity index (χ4n) is 4.44. The first-order valence-corrected chi connectivity index (χ1v) is 11.6. The van der Waals surface area contributed by atoms with Gasteiger partial charge in [0, 0.05) is 29.8 Å². The number of nitrogens with two attached hydrogens (primary N) is 1. The van der Waals surface area contributed by atoms with E-state index in [-0.39, 0.29) is 0 Å². The second-order valence-electron chi connectivity index (χ2n) is 8.45. The third kappa shape index (κ3) is 6.38. The Hall–Kier alpha value is -2.76. The highest BCUT2D eigenvalue weighted by Crippen LogP contribution is 2.32. The Morgan fingerprint density at radius 2 is 1.78 bits per heavy atom. The number of benzene rings is 2. The predicted octanol–water partition coefficient (Wildman–Crippen LogP) is 5.82. The van der Waals surface area contributed by atoms with Gasteiger partial charge in [-0.15, -0.1) is 0 Å². The summed E-state index contributed by atoms with van der Waals surface area (Å²) in [6, 6.07) is 16.0. The van der Waals surface area contributed by atoms with Gasteiger partial charge in [-0.2, -0.15) is 0 Å². The lowest BCUT2D eigenvalue weighted by atomic mass is 9.87. The van der Waals surface area contributed by atoms with Gasteiger partial charge in [0.15, 0.2) is 6.29 Å². The lowest BCUT2D eigenvalue weighted by Crippen LogP contribution is -2.22. The van der Waals surface area contributed by atoms with Crippen molar-refractivity contribution in [1.82, 2.24) is 9.88 Å². The molecule has 32 heavy (non-hydrogen) atoms. The van der Waals surface area contributed by atoms with Gasteiger partial charge in [0.1, 0.15) is 5.75 Å². The Bertz CT molecular complexity index is 982. The third-order valence-corrected chi connectivity index (χ3v) is 6.17. The van der Waals surface area contributed by atoms with E-state index in [0.29, 0.717) is 11.4 Å². The van der Waals surface area contributed by atoms with E-state index in [2.05, 4.69) is 46.9 Å². The summed E-state index contributed by atoms with van der Waals surface area (Å²) in [7, 11) is 3.72. The second-order valence-corrected chi connectivity index (χ2v) is 8.45. The van der Waals surface area contributed by atoms with E-state index in [1.807, 2.05) is 12.1 Å². The van der Waals surface area contributed by atoms with Crippen LogP contribution in [0.5, 0.6) is 11.6 Å². The summed E-state index contributed by atoms with van der Waals surface area (Å²) in [5, 5.41) is 2.29. The summed E-state index contributed by atoms with van der Waals surface area (Å²) in [4.78, 5) is 17.5. The quantitative estimate of drug-likeness (QED) is 0.454. The van der Waals surface area contributed by atoms with E-state index >= 15 is 0 Å². The minimum absolute atomic E-state index is 0.489. The first-order chi connectivity index (χ1) is 15.7. The van der Waals surface area contributed by atoms with Crippen LogP contribution in [0.15, 0.2) is 54.7 Å². The zero-order valence-corrected chi connectivity index (χ0v) is 19.3. The van der Waals surface area contributed by atoms with Crippen molar-refractivity contribution in [2.24, 2.45) is 11.7 Å². The molecule has 0 radical (unpaired) electrons. The Labute approximate surface area is 191 Å². The number of hydrogen-bond acceptors (Lipinski definition) is 5. The topological polar surface area (TPSA) is 68.4 Å². The van der Waals surface area contributed by atoms with Crippen LogP contribution in [0, 0.1) is 5.92 Å². The van der Waals surface area contributed by atoms with E-state index in [9.17, 15) is 4.79 Å². The lowest BCUT2D eigenvalue weighted by Gasteiger charge is -2.25. The van der Waals surface area contributed by atoms with Crippen molar-refractivity contribution >= 4 is 17.1 Å². The molecule has 5 heteroatoms.